The molecule has 0 aromatic carbocycles. The van der Waals surface area contributed by atoms with E-state index in [1.807, 2.05) is 0 Å². The van der Waals surface area contributed by atoms with Gasteiger partial charge in [-0.2, -0.15) is 13.2 Å². The average molecular weight is 346 g/mol. The van der Waals surface area contributed by atoms with Gasteiger partial charge < -0.3 is 15.2 Å². The van der Waals surface area contributed by atoms with Crippen molar-refractivity contribution in [3.8, 4) is 5.88 Å². The number of carbonyl (C=O) groups is 1. The van der Waals surface area contributed by atoms with Crippen LogP contribution in [-0.2, 0) is 28.7 Å². The highest BCUT2D eigenvalue weighted by Gasteiger charge is 2.38. The Bertz CT molecular complexity index is 571. The molecule has 0 radical (unpaired) electrons. The quantitative estimate of drug-likeness (QED) is 0.655. The number of rotatable bonds is 5. The lowest BCUT2D eigenvalue weighted by molar-refractivity contribution is -0.276. The first-order valence-electron chi connectivity index (χ1n) is 6.19. The number of aromatic nitrogens is 1. The summed E-state index contributed by atoms with van der Waals surface area (Å²) in [4.78, 5) is 14.7. The summed E-state index contributed by atoms with van der Waals surface area (Å²) >= 11 is 0. The number of nitrogens with two attached hydrogens (primary N) is 1. The van der Waals surface area contributed by atoms with Crippen LogP contribution in [0.1, 0.15) is 23.7 Å². The maximum Gasteiger partial charge on any atom is 0.574 e. The lowest BCUT2D eigenvalue weighted by Gasteiger charge is -2.17. The minimum Gasteiger partial charge on any atom is -0.466 e. The van der Waals surface area contributed by atoms with Crippen LogP contribution in [0.15, 0.2) is 6.07 Å². The van der Waals surface area contributed by atoms with Gasteiger partial charge in [0.15, 0.2) is 0 Å². The van der Waals surface area contributed by atoms with Crippen LogP contribution in [0.25, 0.3) is 0 Å². The van der Waals surface area contributed by atoms with E-state index < -0.39 is 54.2 Å². The van der Waals surface area contributed by atoms with Gasteiger partial charge in [-0.3, -0.25) is 4.79 Å². The van der Waals surface area contributed by atoms with Gasteiger partial charge >= 0.3 is 18.5 Å². The molecule has 0 fully saturated rings. The number of pyridine rings is 1. The van der Waals surface area contributed by atoms with E-state index in [1.165, 1.54) is 6.92 Å². The van der Waals surface area contributed by atoms with Crippen LogP contribution in [0.2, 0.25) is 0 Å². The molecule has 0 aliphatic heterocycles. The van der Waals surface area contributed by atoms with Crippen molar-refractivity contribution in [1.29, 1.82) is 0 Å². The second kappa shape index (κ2) is 7.02. The SMILES string of the molecule is CCOC(=O)Cc1c(C(F)(F)F)cc(OC(F)(F)F)nc1CN. The van der Waals surface area contributed by atoms with Gasteiger partial charge in [-0.05, 0) is 12.5 Å². The fraction of sp³-hybridized carbons (Fsp3) is 0.500. The summed E-state index contributed by atoms with van der Waals surface area (Å²) in [6.07, 6.45) is -11.1. The molecule has 1 aromatic heterocycles. The Kier molecular flexibility index (Phi) is 5.81. The van der Waals surface area contributed by atoms with Crippen molar-refractivity contribution in [2.24, 2.45) is 5.73 Å². The standard InChI is InChI=1S/C12H12F6N2O3/c1-2-22-10(21)3-6-7(11(13,14)15)4-9(20-8(6)5-19)23-12(16,17)18/h4H,2-3,5,19H2,1H3. The molecule has 23 heavy (non-hydrogen) atoms. The highest BCUT2D eigenvalue weighted by molar-refractivity contribution is 5.73. The number of hydrogen-bond acceptors (Lipinski definition) is 5. The number of carbonyl (C=O) groups excluding carboxylic acids is 1. The van der Waals surface area contributed by atoms with Gasteiger partial charge in [0.1, 0.15) is 0 Å². The van der Waals surface area contributed by atoms with Crippen LogP contribution >= 0.6 is 0 Å². The molecule has 2 N–H and O–H groups in total. The first-order chi connectivity index (χ1) is 10.5. The summed E-state index contributed by atoms with van der Waals surface area (Å²) in [7, 11) is 0. The van der Waals surface area contributed by atoms with Crippen molar-refractivity contribution in [3.63, 3.8) is 0 Å². The predicted molar refractivity (Wildman–Crippen MR) is 64.2 cm³/mol. The number of ether oxygens (including phenoxy) is 2. The molecule has 0 atom stereocenters. The zero-order valence-electron chi connectivity index (χ0n) is 11.7. The van der Waals surface area contributed by atoms with Crippen LogP contribution in [-0.4, -0.2) is 23.9 Å². The van der Waals surface area contributed by atoms with Crippen molar-refractivity contribution >= 4 is 5.97 Å². The third-order valence-corrected chi connectivity index (χ3v) is 2.53. The molecule has 0 saturated carbocycles. The monoisotopic (exact) mass is 346 g/mol. The van der Waals surface area contributed by atoms with Crippen molar-refractivity contribution in [1.82, 2.24) is 4.98 Å². The molecular formula is C12H12F6N2O3. The molecule has 0 aliphatic rings. The minimum atomic E-state index is -5.22. The third kappa shape index (κ3) is 5.58. The molecule has 0 aliphatic carbocycles. The van der Waals surface area contributed by atoms with Gasteiger partial charge in [-0.25, -0.2) is 4.98 Å². The van der Waals surface area contributed by atoms with E-state index in [1.54, 1.807) is 0 Å². The van der Waals surface area contributed by atoms with Crippen molar-refractivity contribution in [3.05, 3.63) is 22.9 Å². The number of halogens is 6. The maximum absolute atomic E-state index is 13.1. The zero-order chi connectivity index (χ0) is 17.8. The van der Waals surface area contributed by atoms with Gasteiger partial charge in [-0.1, -0.05) is 0 Å². The summed E-state index contributed by atoms with van der Waals surface area (Å²) in [5.74, 6) is -2.29. The number of alkyl halides is 6. The van der Waals surface area contributed by atoms with Gasteiger partial charge in [-0.15, -0.1) is 13.2 Å². The third-order valence-electron chi connectivity index (χ3n) is 2.53. The van der Waals surface area contributed by atoms with Crippen LogP contribution in [0, 0.1) is 0 Å². The number of esters is 1. The zero-order valence-corrected chi connectivity index (χ0v) is 11.7. The van der Waals surface area contributed by atoms with Crippen LogP contribution in [0.4, 0.5) is 26.3 Å². The largest absolute Gasteiger partial charge is 0.574 e. The lowest BCUT2D eigenvalue weighted by atomic mass is 10.0. The fourth-order valence-electron chi connectivity index (χ4n) is 1.75. The molecule has 0 spiro atoms. The average Bonchev–Trinajstić information content (AvgIpc) is 2.37. The van der Waals surface area contributed by atoms with Crippen LogP contribution in [0.5, 0.6) is 5.88 Å². The van der Waals surface area contributed by atoms with E-state index in [-0.39, 0.29) is 12.7 Å². The minimum absolute atomic E-state index is 0.0686. The Morgan fingerprint density at radius 1 is 1.26 bits per heavy atom. The summed E-state index contributed by atoms with van der Waals surface area (Å²) in [5, 5.41) is 0. The van der Waals surface area contributed by atoms with E-state index in [0.717, 1.165) is 0 Å². The Balaban J connectivity index is 3.39. The Morgan fingerprint density at radius 2 is 1.87 bits per heavy atom. The number of hydrogen-bond donors (Lipinski definition) is 1. The fourth-order valence-corrected chi connectivity index (χ4v) is 1.75. The van der Waals surface area contributed by atoms with Gasteiger partial charge in [0, 0.05) is 12.6 Å². The lowest BCUT2D eigenvalue weighted by Crippen LogP contribution is -2.22. The van der Waals surface area contributed by atoms with Crippen molar-refractivity contribution in [2.75, 3.05) is 6.61 Å². The van der Waals surface area contributed by atoms with Gasteiger partial charge in [0.05, 0.1) is 24.3 Å². The number of nitrogens with zero attached hydrogens (tertiary/aromatic N) is 1. The first kappa shape index (κ1) is 19.0. The summed E-state index contributed by atoms with van der Waals surface area (Å²) in [6, 6.07) is 0.0706. The molecule has 0 bridgehead atoms. The van der Waals surface area contributed by atoms with Crippen LogP contribution < -0.4 is 10.5 Å². The highest BCUT2D eigenvalue weighted by Crippen LogP contribution is 2.36. The predicted octanol–water partition coefficient (Wildman–Crippen LogP) is 2.56. The summed E-state index contributed by atoms with van der Waals surface area (Å²) in [5.41, 5.74) is 2.56. The smallest absolute Gasteiger partial charge is 0.466 e. The van der Waals surface area contributed by atoms with Crippen LogP contribution in [0.3, 0.4) is 0 Å². The Morgan fingerprint density at radius 3 is 2.30 bits per heavy atom. The van der Waals surface area contributed by atoms with Gasteiger partial charge in [0.25, 0.3) is 0 Å². The van der Waals surface area contributed by atoms with Crippen molar-refractivity contribution in [2.45, 2.75) is 32.4 Å². The summed E-state index contributed by atoms with van der Waals surface area (Å²) < 4.78 is 83.6. The molecule has 1 rings (SSSR count). The Hall–Kier alpha value is -2.04. The van der Waals surface area contributed by atoms with E-state index in [2.05, 4.69) is 14.5 Å². The molecule has 0 amide bonds. The van der Waals surface area contributed by atoms with Gasteiger partial charge in [0.2, 0.25) is 5.88 Å². The van der Waals surface area contributed by atoms with E-state index in [0.29, 0.717) is 0 Å². The van der Waals surface area contributed by atoms with Crippen molar-refractivity contribution < 1.29 is 40.6 Å². The molecular weight excluding hydrogens is 334 g/mol. The molecule has 1 aromatic rings. The Labute approximate surface area is 126 Å². The second-order valence-electron chi connectivity index (χ2n) is 4.16. The van der Waals surface area contributed by atoms with E-state index >= 15 is 0 Å². The second-order valence-corrected chi connectivity index (χ2v) is 4.16. The van der Waals surface area contributed by atoms with E-state index in [9.17, 15) is 31.1 Å². The highest BCUT2D eigenvalue weighted by atomic mass is 19.4. The maximum atomic E-state index is 13.1. The molecule has 130 valence electrons. The topological polar surface area (TPSA) is 74.4 Å². The molecule has 11 heteroatoms. The summed E-state index contributed by atoms with van der Waals surface area (Å²) in [6.45, 7) is 0.763. The first-order valence-corrected chi connectivity index (χ1v) is 6.19. The normalized spacial score (nSPS) is 12.2. The molecule has 1 heterocycles. The molecule has 0 saturated heterocycles. The molecule has 5 nitrogen and oxygen atoms in total. The van der Waals surface area contributed by atoms with E-state index in [4.69, 9.17) is 5.73 Å². The molecule has 0 unspecified atom stereocenters.